The molecule has 5 aliphatic heterocycles. The van der Waals surface area contributed by atoms with E-state index in [1.807, 2.05) is 32.0 Å². The molecule has 0 unspecified atom stereocenters. The van der Waals surface area contributed by atoms with Gasteiger partial charge < -0.3 is 18.5 Å². The van der Waals surface area contributed by atoms with Gasteiger partial charge in [0.2, 0.25) is 5.91 Å². The maximum atomic E-state index is 14.2. The molecule has 0 aromatic heterocycles. The van der Waals surface area contributed by atoms with Gasteiger partial charge in [-0.15, -0.1) is 0 Å². The minimum absolute atomic E-state index is 0.00806. The third-order valence-corrected chi connectivity index (χ3v) is 18.1. The number of nitro benzene ring substituents is 1. The average Bonchev–Trinajstić information content (AvgIpc) is 3.57. The first-order chi connectivity index (χ1) is 26.0. The Morgan fingerprint density at radius 1 is 0.927 bits per heavy atom. The van der Waals surface area contributed by atoms with Crippen LogP contribution in [0.2, 0.25) is 18.1 Å². The number of hydrogen-bond donors (Lipinski definition) is 0. The van der Waals surface area contributed by atoms with E-state index in [-0.39, 0.29) is 52.8 Å². The molecular formula is C43H51N4O7Si+. The third-order valence-electron chi connectivity index (χ3n) is 13.5. The number of ether oxygens (including phenoxy) is 1. The Morgan fingerprint density at radius 3 is 2.20 bits per heavy atom. The average molecular weight is 764 g/mol. The van der Waals surface area contributed by atoms with Gasteiger partial charge in [0.15, 0.2) is 14.1 Å². The first-order valence-electron chi connectivity index (χ1n) is 19.5. The number of non-ortho nitro benzene ring substituents is 1. The molecular weight excluding hydrogens is 713 g/mol. The van der Waals surface area contributed by atoms with Crippen LogP contribution in [0.25, 0.3) is 16.7 Å². The van der Waals surface area contributed by atoms with Gasteiger partial charge in [-0.3, -0.25) is 24.6 Å². The van der Waals surface area contributed by atoms with Crippen LogP contribution in [0, 0.1) is 22.0 Å². The molecule has 12 heteroatoms. The first kappa shape index (κ1) is 37.4. The van der Waals surface area contributed by atoms with Gasteiger partial charge in [0, 0.05) is 54.4 Å². The lowest BCUT2D eigenvalue weighted by Crippen LogP contribution is -2.66. The van der Waals surface area contributed by atoms with Gasteiger partial charge in [0.05, 0.1) is 42.6 Å². The Balaban J connectivity index is 1.12. The Kier molecular flexibility index (Phi) is 9.07. The van der Waals surface area contributed by atoms with E-state index in [4.69, 9.17) is 9.16 Å². The van der Waals surface area contributed by atoms with Gasteiger partial charge in [-0.2, -0.15) is 0 Å². The predicted octanol–water partition coefficient (Wildman–Crippen LogP) is 6.79. The quantitative estimate of drug-likeness (QED) is 0.0433. The van der Waals surface area contributed by atoms with E-state index in [0.717, 1.165) is 67.0 Å². The molecule has 288 valence electrons. The van der Waals surface area contributed by atoms with E-state index in [2.05, 4.69) is 57.0 Å². The lowest BCUT2D eigenvalue weighted by Gasteiger charge is -2.50. The Bertz CT molecular complexity index is 2130. The number of amides is 1. The van der Waals surface area contributed by atoms with Crippen LogP contribution in [0.5, 0.6) is 0 Å². The molecule has 11 nitrogen and oxygen atoms in total. The van der Waals surface area contributed by atoms with Crippen molar-refractivity contribution in [2.75, 3.05) is 39.3 Å². The van der Waals surface area contributed by atoms with E-state index in [9.17, 15) is 24.5 Å². The molecule has 4 fully saturated rings. The fourth-order valence-electron chi connectivity index (χ4n) is 9.32. The molecule has 0 radical (unpaired) electrons. The number of nitrogens with zero attached hydrogens (tertiary/aromatic N) is 4. The third kappa shape index (κ3) is 6.27. The molecule has 4 atom stereocenters. The molecule has 9 rings (SSSR count). The van der Waals surface area contributed by atoms with Crippen molar-refractivity contribution < 1.29 is 33.0 Å². The summed E-state index contributed by atoms with van der Waals surface area (Å²) in [7, 11) is -2.22. The maximum Gasteiger partial charge on any atom is 0.355 e. The SMILES string of the molecule is C[C@@H](O[Si](C)(C)C(C)(C)C)[C@H]1C(=O)N2C(C(=O)OCc3ccc([N+](=O)[O-])cc3)=C(c3ccc4c(c3)-c3ccc(C[N+]56CCN(CC5)CC6)cc3C4=O)[C@H](C)[C@H]12. The van der Waals surface area contributed by atoms with Crippen molar-refractivity contribution in [3.8, 4) is 11.1 Å². The summed E-state index contributed by atoms with van der Waals surface area (Å²) in [5.41, 5.74) is 6.45. The number of rotatable bonds is 10. The van der Waals surface area contributed by atoms with Crippen molar-refractivity contribution in [1.29, 1.82) is 0 Å². The number of carbonyl (C=O) groups excluding carboxylic acids is 3. The number of esters is 1. The lowest BCUT2D eigenvalue weighted by atomic mass is 9.76. The number of benzene rings is 3. The summed E-state index contributed by atoms with van der Waals surface area (Å²) in [5.74, 6) is -1.47. The Labute approximate surface area is 323 Å². The van der Waals surface area contributed by atoms with Crippen LogP contribution in [-0.4, -0.2) is 96.6 Å². The molecule has 6 aliphatic rings. The number of piperazine rings is 3. The molecule has 0 N–H and O–H groups in total. The van der Waals surface area contributed by atoms with Crippen LogP contribution in [0.1, 0.15) is 67.2 Å². The number of hydrogen-bond acceptors (Lipinski definition) is 8. The van der Waals surface area contributed by atoms with E-state index in [0.29, 0.717) is 22.3 Å². The monoisotopic (exact) mass is 763 g/mol. The maximum absolute atomic E-state index is 14.2. The lowest BCUT2D eigenvalue weighted by molar-refractivity contribution is -0.953. The van der Waals surface area contributed by atoms with Crippen LogP contribution in [0.3, 0.4) is 0 Å². The van der Waals surface area contributed by atoms with E-state index < -0.39 is 25.1 Å². The fraction of sp³-hybridized carbons (Fsp3) is 0.465. The summed E-state index contributed by atoms with van der Waals surface area (Å²) < 4.78 is 13.7. The van der Waals surface area contributed by atoms with Crippen molar-refractivity contribution in [1.82, 2.24) is 9.80 Å². The molecule has 1 amide bonds. The zero-order valence-electron chi connectivity index (χ0n) is 32.9. The van der Waals surface area contributed by atoms with Crippen molar-refractivity contribution >= 4 is 37.2 Å². The highest BCUT2D eigenvalue weighted by molar-refractivity contribution is 6.74. The molecule has 2 bridgehead atoms. The van der Waals surface area contributed by atoms with Crippen LogP contribution >= 0.6 is 0 Å². The molecule has 3 aromatic carbocycles. The van der Waals surface area contributed by atoms with E-state index in [1.54, 1.807) is 17.0 Å². The highest BCUT2D eigenvalue weighted by Crippen LogP contribution is 2.53. The second-order valence-electron chi connectivity index (χ2n) is 17.8. The molecule has 55 heavy (non-hydrogen) atoms. The largest absolute Gasteiger partial charge is 0.456 e. The van der Waals surface area contributed by atoms with E-state index in [1.165, 1.54) is 17.7 Å². The van der Waals surface area contributed by atoms with Crippen molar-refractivity contribution in [2.24, 2.45) is 11.8 Å². The Hall–Kier alpha value is -4.49. The fourth-order valence-corrected chi connectivity index (χ4v) is 10.8. The summed E-state index contributed by atoms with van der Waals surface area (Å²) in [4.78, 5) is 57.1. The summed E-state index contributed by atoms with van der Waals surface area (Å²) in [6.45, 7) is 22.5. The number of quaternary nitrogens is 1. The molecule has 4 saturated heterocycles. The summed E-state index contributed by atoms with van der Waals surface area (Å²) in [6.07, 6.45) is -0.355. The Morgan fingerprint density at radius 2 is 1.56 bits per heavy atom. The zero-order valence-corrected chi connectivity index (χ0v) is 33.9. The number of β-lactam (4-membered cyclic amide) rings is 1. The highest BCUT2D eigenvalue weighted by Gasteiger charge is 2.61. The number of nitro groups is 1. The predicted molar refractivity (Wildman–Crippen MR) is 211 cm³/mol. The van der Waals surface area contributed by atoms with Gasteiger partial charge in [0.25, 0.3) is 5.69 Å². The van der Waals surface area contributed by atoms with Crippen molar-refractivity contribution in [2.45, 2.75) is 78.0 Å². The van der Waals surface area contributed by atoms with Crippen LogP contribution in [-0.2, 0) is 31.9 Å². The van der Waals surface area contributed by atoms with Gasteiger partial charge in [-0.25, -0.2) is 4.79 Å². The van der Waals surface area contributed by atoms with Crippen LogP contribution < -0.4 is 0 Å². The van der Waals surface area contributed by atoms with Crippen LogP contribution in [0.4, 0.5) is 5.69 Å². The molecule has 3 aromatic rings. The zero-order chi connectivity index (χ0) is 39.2. The molecule has 0 saturated carbocycles. The second-order valence-corrected chi connectivity index (χ2v) is 22.6. The minimum Gasteiger partial charge on any atom is -0.456 e. The summed E-state index contributed by atoms with van der Waals surface area (Å²) in [6, 6.07) is 17.6. The topological polar surface area (TPSA) is 119 Å². The smallest absolute Gasteiger partial charge is 0.355 e. The van der Waals surface area contributed by atoms with Gasteiger partial charge in [-0.05, 0) is 83.2 Å². The number of fused-ring (bicyclic) bond motifs is 7. The second kappa shape index (κ2) is 13.3. The molecule has 5 heterocycles. The van der Waals surface area contributed by atoms with E-state index >= 15 is 0 Å². The van der Waals surface area contributed by atoms with Crippen molar-refractivity contribution in [3.63, 3.8) is 0 Å². The number of ketones is 1. The summed E-state index contributed by atoms with van der Waals surface area (Å²) in [5, 5.41) is 11.1. The highest BCUT2D eigenvalue weighted by atomic mass is 28.4. The van der Waals surface area contributed by atoms with Gasteiger partial charge in [-0.1, -0.05) is 45.9 Å². The molecule has 1 aliphatic carbocycles. The van der Waals surface area contributed by atoms with Gasteiger partial charge in [0.1, 0.15) is 18.8 Å². The van der Waals surface area contributed by atoms with Gasteiger partial charge >= 0.3 is 5.97 Å². The minimum atomic E-state index is -2.22. The number of carbonyl (C=O) groups is 3. The first-order valence-corrected chi connectivity index (χ1v) is 22.4. The normalized spacial score (nSPS) is 26.1. The van der Waals surface area contributed by atoms with Crippen molar-refractivity contribution in [3.05, 3.63) is 104 Å². The van der Waals surface area contributed by atoms with Crippen LogP contribution in [0.15, 0.2) is 66.4 Å². The molecule has 0 spiro atoms. The standard InChI is InChI=1S/C43H51N4O7Si/c1-26-36(30-11-15-33-34(23-30)32-14-10-29(22-35(32)40(33)48)24-47-19-16-44(17-20-47)18-21-47)39(42(50)53-25-28-8-12-31(13-9-28)46(51)52)45-38(26)37(41(45)49)27(2)54-55(6,7)43(3,4)5/h8-15,22-23,26-27,37-38H,16-21,24-25H2,1-7H3/q+1/t26-,27+,37+,38+/m0/s1. The summed E-state index contributed by atoms with van der Waals surface area (Å²) >= 11 is 0.